The molecule has 0 aromatic carbocycles. The summed E-state index contributed by atoms with van der Waals surface area (Å²) >= 11 is 1.60. The molecule has 1 saturated carbocycles. The molecule has 162 valence electrons. The zero-order chi connectivity index (χ0) is 18.9. The lowest BCUT2D eigenvalue weighted by Gasteiger charge is -2.42. The molecule has 1 atom stereocenters. The van der Waals surface area contributed by atoms with Crippen molar-refractivity contribution in [2.75, 3.05) is 26.2 Å². The Morgan fingerprint density at radius 2 is 1.90 bits per heavy atom. The highest BCUT2D eigenvalue weighted by atomic mass is 35.5. The quantitative estimate of drug-likeness (QED) is 0.748. The molecule has 4 rings (SSSR count). The second-order valence-electron chi connectivity index (χ2n) is 7.65. The molecule has 2 aliphatic rings. The van der Waals surface area contributed by atoms with E-state index >= 15 is 0 Å². The minimum atomic E-state index is -0.645. The van der Waals surface area contributed by atoms with E-state index in [0.29, 0.717) is 24.8 Å². The molecule has 2 N–H and O–H groups in total. The van der Waals surface area contributed by atoms with Crippen LogP contribution in [0.1, 0.15) is 51.0 Å². The number of nitrogens with zero attached hydrogens (tertiary/aromatic N) is 4. The highest BCUT2D eigenvalue weighted by Gasteiger charge is 2.39. The minimum Gasteiger partial charge on any atom is -0.339 e. The van der Waals surface area contributed by atoms with Crippen molar-refractivity contribution in [2.24, 2.45) is 5.73 Å². The van der Waals surface area contributed by atoms with Gasteiger partial charge in [-0.3, -0.25) is 9.69 Å². The standard InChI is InChI=1S/C19H27N5O2S.2ClH/c1-14(17-21-16(22-26-17)15-6-5-13-27-15)23-9-11-24(12-10-23)18(25)19(20)7-3-2-4-8-19;;/h5-6,13-14H,2-4,7-12,20H2,1H3;2*1H. The van der Waals surface area contributed by atoms with Gasteiger partial charge in [0.2, 0.25) is 17.6 Å². The largest absolute Gasteiger partial charge is 0.339 e. The Labute approximate surface area is 187 Å². The van der Waals surface area contributed by atoms with Crippen LogP contribution >= 0.6 is 36.2 Å². The number of nitrogens with two attached hydrogens (primary N) is 1. The van der Waals surface area contributed by atoms with Gasteiger partial charge in [-0.1, -0.05) is 30.5 Å². The third kappa shape index (κ3) is 5.11. The number of aromatic nitrogens is 2. The van der Waals surface area contributed by atoms with Crippen molar-refractivity contribution in [1.82, 2.24) is 19.9 Å². The average molecular weight is 462 g/mol. The molecule has 3 heterocycles. The molecule has 2 aromatic heterocycles. The van der Waals surface area contributed by atoms with Crippen molar-refractivity contribution in [3.63, 3.8) is 0 Å². The third-order valence-electron chi connectivity index (χ3n) is 5.86. The molecule has 0 bridgehead atoms. The van der Waals surface area contributed by atoms with Gasteiger partial charge >= 0.3 is 0 Å². The molecule has 1 aliphatic heterocycles. The summed E-state index contributed by atoms with van der Waals surface area (Å²) in [6.45, 7) is 5.07. The summed E-state index contributed by atoms with van der Waals surface area (Å²) in [6, 6.07) is 4.00. The molecule has 1 unspecified atom stereocenters. The molecule has 10 heteroatoms. The Bertz CT molecular complexity index is 771. The topological polar surface area (TPSA) is 88.5 Å². The number of carbonyl (C=O) groups is 1. The summed E-state index contributed by atoms with van der Waals surface area (Å²) in [4.78, 5) is 22.7. The Morgan fingerprint density at radius 1 is 1.21 bits per heavy atom. The second-order valence-corrected chi connectivity index (χ2v) is 8.60. The van der Waals surface area contributed by atoms with Crippen LogP contribution in [0.3, 0.4) is 0 Å². The van der Waals surface area contributed by atoms with E-state index in [1.54, 1.807) is 11.3 Å². The zero-order valence-electron chi connectivity index (χ0n) is 16.6. The van der Waals surface area contributed by atoms with E-state index in [2.05, 4.69) is 22.0 Å². The predicted molar refractivity (Wildman–Crippen MR) is 119 cm³/mol. The molecule has 29 heavy (non-hydrogen) atoms. The van der Waals surface area contributed by atoms with Crippen LogP contribution in [-0.4, -0.2) is 57.6 Å². The molecular formula is C19H29Cl2N5O2S. The first kappa shape index (κ1) is 24.1. The Kier molecular flexibility index (Phi) is 8.48. The maximum absolute atomic E-state index is 12.9. The van der Waals surface area contributed by atoms with E-state index in [-0.39, 0.29) is 36.8 Å². The lowest BCUT2D eigenvalue weighted by molar-refractivity contribution is -0.140. The van der Waals surface area contributed by atoms with E-state index in [9.17, 15) is 4.79 Å². The number of amides is 1. The van der Waals surface area contributed by atoms with Gasteiger partial charge < -0.3 is 15.2 Å². The molecule has 2 aromatic rings. The summed E-state index contributed by atoms with van der Waals surface area (Å²) in [5.41, 5.74) is 5.79. The first-order chi connectivity index (χ1) is 13.1. The van der Waals surface area contributed by atoms with E-state index in [1.807, 2.05) is 22.4 Å². The molecule has 1 saturated heterocycles. The van der Waals surface area contributed by atoms with E-state index in [4.69, 9.17) is 10.3 Å². The Balaban J connectivity index is 0.00000150. The van der Waals surface area contributed by atoms with Crippen LogP contribution < -0.4 is 5.73 Å². The molecule has 2 fully saturated rings. The Morgan fingerprint density at radius 3 is 2.52 bits per heavy atom. The molecule has 0 spiro atoms. The van der Waals surface area contributed by atoms with Crippen molar-refractivity contribution in [1.29, 1.82) is 0 Å². The summed E-state index contributed by atoms with van der Waals surface area (Å²) in [6.07, 6.45) is 4.94. The van der Waals surface area contributed by atoms with Gasteiger partial charge in [0, 0.05) is 26.2 Å². The maximum atomic E-state index is 12.9. The summed E-state index contributed by atoms with van der Waals surface area (Å²) in [7, 11) is 0. The van der Waals surface area contributed by atoms with Crippen LogP contribution in [0.25, 0.3) is 10.7 Å². The van der Waals surface area contributed by atoms with Crippen LogP contribution in [0.5, 0.6) is 0 Å². The number of thiophene rings is 1. The smallest absolute Gasteiger partial charge is 0.244 e. The van der Waals surface area contributed by atoms with Gasteiger partial charge in [-0.15, -0.1) is 36.2 Å². The van der Waals surface area contributed by atoms with Crippen molar-refractivity contribution in [3.05, 3.63) is 23.4 Å². The van der Waals surface area contributed by atoms with Gasteiger partial charge in [-0.25, -0.2) is 0 Å². The van der Waals surface area contributed by atoms with E-state index in [0.717, 1.165) is 43.6 Å². The van der Waals surface area contributed by atoms with Crippen LogP contribution in [0.4, 0.5) is 0 Å². The number of rotatable bonds is 4. The first-order valence-corrected chi connectivity index (χ1v) is 10.6. The summed E-state index contributed by atoms with van der Waals surface area (Å²) < 4.78 is 5.49. The molecule has 1 amide bonds. The highest BCUT2D eigenvalue weighted by molar-refractivity contribution is 7.13. The van der Waals surface area contributed by atoms with Crippen molar-refractivity contribution in [3.8, 4) is 10.7 Å². The first-order valence-electron chi connectivity index (χ1n) is 9.77. The normalized spacial score (nSPS) is 20.4. The third-order valence-corrected chi connectivity index (χ3v) is 6.73. The van der Waals surface area contributed by atoms with Crippen LogP contribution in [0, 0.1) is 0 Å². The fourth-order valence-electron chi connectivity index (χ4n) is 4.09. The zero-order valence-corrected chi connectivity index (χ0v) is 19.0. The second kappa shape index (κ2) is 10.2. The number of hydrogen-bond donors (Lipinski definition) is 1. The summed E-state index contributed by atoms with van der Waals surface area (Å²) in [5, 5.41) is 6.11. The average Bonchev–Trinajstić information content (AvgIpc) is 3.39. The van der Waals surface area contributed by atoms with Crippen LogP contribution in [0.15, 0.2) is 22.0 Å². The van der Waals surface area contributed by atoms with Crippen LogP contribution in [-0.2, 0) is 4.79 Å². The van der Waals surface area contributed by atoms with E-state index in [1.165, 1.54) is 6.42 Å². The fraction of sp³-hybridized carbons (Fsp3) is 0.632. The van der Waals surface area contributed by atoms with Crippen molar-refractivity contribution >= 4 is 42.1 Å². The maximum Gasteiger partial charge on any atom is 0.244 e. The molecule has 7 nitrogen and oxygen atoms in total. The number of halogens is 2. The lowest BCUT2D eigenvalue weighted by Crippen LogP contribution is -2.60. The van der Waals surface area contributed by atoms with E-state index < -0.39 is 5.54 Å². The van der Waals surface area contributed by atoms with Crippen molar-refractivity contribution in [2.45, 2.75) is 50.6 Å². The monoisotopic (exact) mass is 461 g/mol. The fourth-order valence-corrected chi connectivity index (χ4v) is 4.74. The van der Waals surface area contributed by atoms with Crippen LogP contribution in [0.2, 0.25) is 0 Å². The highest BCUT2D eigenvalue weighted by Crippen LogP contribution is 2.29. The predicted octanol–water partition coefficient (Wildman–Crippen LogP) is 3.51. The molecular weight excluding hydrogens is 433 g/mol. The molecule has 1 aliphatic carbocycles. The van der Waals surface area contributed by atoms with Gasteiger partial charge in [-0.05, 0) is 31.2 Å². The van der Waals surface area contributed by atoms with Gasteiger partial charge in [0.15, 0.2) is 0 Å². The Hall–Kier alpha value is -1.19. The number of hydrogen-bond acceptors (Lipinski definition) is 7. The SMILES string of the molecule is CC(c1nc(-c2cccs2)no1)N1CCN(C(=O)C2(N)CCCCC2)CC1.Cl.Cl. The van der Waals surface area contributed by atoms with Gasteiger partial charge in [0.25, 0.3) is 0 Å². The van der Waals surface area contributed by atoms with Gasteiger partial charge in [-0.2, -0.15) is 4.98 Å². The van der Waals surface area contributed by atoms with Gasteiger partial charge in [0.1, 0.15) is 0 Å². The van der Waals surface area contributed by atoms with Gasteiger partial charge in [0.05, 0.1) is 16.5 Å². The van der Waals surface area contributed by atoms with Crippen molar-refractivity contribution < 1.29 is 9.32 Å². The number of carbonyl (C=O) groups excluding carboxylic acids is 1. The molecule has 0 radical (unpaired) electrons. The lowest BCUT2D eigenvalue weighted by atomic mass is 9.81. The number of piperazine rings is 1. The minimum absolute atomic E-state index is 0. The summed E-state index contributed by atoms with van der Waals surface area (Å²) in [5.74, 6) is 1.40.